The highest BCUT2D eigenvalue weighted by atomic mass is 32.2. The normalized spacial score (nSPS) is 12.5. The SMILES string of the molecule is Cc1nc(N)c2c(C)c(C)n(CCS(=O)(=O)N(C)C)c2n1. The number of fused-ring (bicyclic) bond motifs is 1. The maximum Gasteiger partial charge on any atom is 0.215 e. The van der Waals surface area contributed by atoms with Crippen LogP contribution in [0.15, 0.2) is 0 Å². The average Bonchev–Trinajstić information content (AvgIpc) is 2.59. The molecule has 116 valence electrons. The Morgan fingerprint density at radius 1 is 1.19 bits per heavy atom. The van der Waals surface area contributed by atoms with Crippen LogP contribution in [0.4, 0.5) is 5.82 Å². The third-order valence-corrected chi connectivity index (χ3v) is 5.55. The maximum atomic E-state index is 11.9. The molecule has 2 heterocycles. The van der Waals surface area contributed by atoms with Gasteiger partial charge in [0.1, 0.15) is 17.3 Å². The summed E-state index contributed by atoms with van der Waals surface area (Å²) in [5.74, 6) is 1.04. The summed E-state index contributed by atoms with van der Waals surface area (Å²) in [5.41, 5.74) is 8.63. The van der Waals surface area contributed by atoms with Crippen molar-refractivity contribution in [2.75, 3.05) is 25.6 Å². The Morgan fingerprint density at radius 3 is 2.38 bits per heavy atom. The molecular weight excluding hydrogens is 290 g/mol. The number of sulfonamides is 1. The van der Waals surface area contributed by atoms with Gasteiger partial charge in [0.25, 0.3) is 0 Å². The minimum absolute atomic E-state index is 0.0208. The van der Waals surface area contributed by atoms with E-state index in [-0.39, 0.29) is 5.75 Å². The minimum atomic E-state index is -3.25. The van der Waals surface area contributed by atoms with Gasteiger partial charge in [-0.1, -0.05) is 0 Å². The second-order valence-electron chi connectivity index (χ2n) is 5.32. The number of aryl methyl sites for hydroxylation is 3. The van der Waals surface area contributed by atoms with Gasteiger partial charge in [-0.2, -0.15) is 0 Å². The average molecular weight is 311 g/mol. The lowest BCUT2D eigenvalue weighted by atomic mass is 10.2. The molecule has 0 spiro atoms. The topological polar surface area (TPSA) is 94.1 Å². The number of nitrogen functional groups attached to an aromatic ring is 1. The highest BCUT2D eigenvalue weighted by molar-refractivity contribution is 7.89. The smallest absolute Gasteiger partial charge is 0.215 e. The number of hydrogen-bond donors (Lipinski definition) is 1. The lowest BCUT2D eigenvalue weighted by Crippen LogP contribution is -2.27. The molecule has 0 saturated heterocycles. The van der Waals surface area contributed by atoms with Gasteiger partial charge >= 0.3 is 0 Å². The van der Waals surface area contributed by atoms with E-state index >= 15 is 0 Å². The molecule has 0 bridgehead atoms. The van der Waals surface area contributed by atoms with Crippen LogP contribution in [0.5, 0.6) is 0 Å². The van der Waals surface area contributed by atoms with Crippen LogP contribution in [0, 0.1) is 20.8 Å². The molecule has 0 aliphatic carbocycles. The molecular formula is C13H21N5O2S. The van der Waals surface area contributed by atoms with E-state index in [1.54, 1.807) is 6.92 Å². The summed E-state index contributed by atoms with van der Waals surface area (Å²) in [4.78, 5) is 8.61. The van der Waals surface area contributed by atoms with Crippen molar-refractivity contribution < 1.29 is 8.42 Å². The number of anilines is 1. The summed E-state index contributed by atoms with van der Waals surface area (Å²) in [6, 6.07) is 0. The Hall–Kier alpha value is -1.67. The first-order chi connectivity index (χ1) is 9.65. The predicted molar refractivity (Wildman–Crippen MR) is 83.6 cm³/mol. The summed E-state index contributed by atoms with van der Waals surface area (Å²) >= 11 is 0. The molecule has 0 radical (unpaired) electrons. The Bertz CT molecular complexity index is 793. The number of rotatable bonds is 4. The van der Waals surface area contributed by atoms with Gasteiger partial charge in [0.2, 0.25) is 10.0 Å². The highest BCUT2D eigenvalue weighted by Crippen LogP contribution is 2.27. The Labute approximate surface area is 124 Å². The molecule has 0 atom stereocenters. The van der Waals surface area contributed by atoms with Gasteiger partial charge in [0, 0.05) is 26.3 Å². The van der Waals surface area contributed by atoms with Crippen molar-refractivity contribution in [1.82, 2.24) is 18.8 Å². The van der Waals surface area contributed by atoms with Crippen LogP contribution in [0.2, 0.25) is 0 Å². The second kappa shape index (κ2) is 5.27. The van der Waals surface area contributed by atoms with E-state index in [0.717, 1.165) is 16.6 Å². The number of aromatic nitrogens is 3. The quantitative estimate of drug-likeness (QED) is 0.902. The zero-order valence-electron chi connectivity index (χ0n) is 13.0. The number of nitrogens with zero attached hydrogens (tertiary/aromatic N) is 4. The van der Waals surface area contributed by atoms with E-state index in [1.165, 1.54) is 18.4 Å². The lowest BCUT2D eigenvalue weighted by Gasteiger charge is -2.13. The van der Waals surface area contributed by atoms with Crippen molar-refractivity contribution in [2.24, 2.45) is 0 Å². The molecule has 2 aromatic heterocycles. The molecule has 0 aliphatic rings. The summed E-state index contributed by atoms with van der Waals surface area (Å²) < 4.78 is 27.0. The summed E-state index contributed by atoms with van der Waals surface area (Å²) in [7, 11) is -0.188. The standard InChI is InChI=1S/C13H21N5O2S/c1-8-9(2)18(6-7-21(19,20)17(4)5)13-11(8)12(14)15-10(3)16-13/h6-7H2,1-5H3,(H2,14,15,16). The van der Waals surface area contributed by atoms with Gasteiger partial charge in [-0.15, -0.1) is 0 Å². The van der Waals surface area contributed by atoms with Crippen LogP contribution in [0.3, 0.4) is 0 Å². The Kier molecular flexibility index (Phi) is 3.94. The summed E-state index contributed by atoms with van der Waals surface area (Å²) in [6.07, 6.45) is 0. The molecule has 8 heteroatoms. The Morgan fingerprint density at radius 2 is 1.81 bits per heavy atom. The third kappa shape index (κ3) is 2.73. The monoisotopic (exact) mass is 311 g/mol. The van der Waals surface area contributed by atoms with E-state index in [9.17, 15) is 8.42 Å². The Balaban J connectivity index is 2.52. The van der Waals surface area contributed by atoms with Crippen LogP contribution < -0.4 is 5.73 Å². The van der Waals surface area contributed by atoms with E-state index in [0.29, 0.717) is 23.8 Å². The van der Waals surface area contributed by atoms with Crippen LogP contribution in [0.25, 0.3) is 11.0 Å². The van der Waals surface area contributed by atoms with Gasteiger partial charge in [0.05, 0.1) is 11.1 Å². The molecule has 0 aliphatic heterocycles. The van der Waals surface area contributed by atoms with Crippen molar-refractivity contribution in [3.8, 4) is 0 Å². The molecule has 2 N–H and O–H groups in total. The lowest BCUT2D eigenvalue weighted by molar-refractivity contribution is 0.515. The van der Waals surface area contributed by atoms with Crippen molar-refractivity contribution in [2.45, 2.75) is 27.3 Å². The maximum absolute atomic E-state index is 11.9. The number of nitrogens with two attached hydrogens (primary N) is 1. The molecule has 0 aromatic carbocycles. The van der Waals surface area contributed by atoms with Gasteiger partial charge in [-0.3, -0.25) is 0 Å². The van der Waals surface area contributed by atoms with E-state index in [1.807, 2.05) is 18.4 Å². The van der Waals surface area contributed by atoms with Crippen molar-refractivity contribution in [1.29, 1.82) is 0 Å². The van der Waals surface area contributed by atoms with Crippen LogP contribution in [-0.2, 0) is 16.6 Å². The number of hydrogen-bond acceptors (Lipinski definition) is 5. The first-order valence-corrected chi connectivity index (χ1v) is 8.25. The highest BCUT2D eigenvalue weighted by Gasteiger charge is 2.19. The molecule has 0 amide bonds. The van der Waals surface area contributed by atoms with E-state index in [2.05, 4.69) is 9.97 Å². The second-order valence-corrected chi connectivity index (χ2v) is 7.62. The van der Waals surface area contributed by atoms with Gasteiger partial charge in [0.15, 0.2) is 0 Å². The summed E-state index contributed by atoms with van der Waals surface area (Å²) in [5, 5.41) is 0.806. The van der Waals surface area contributed by atoms with Gasteiger partial charge in [-0.25, -0.2) is 22.7 Å². The molecule has 0 unspecified atom stereocenters. The van der Waals surface area contributed by atoms with Crippen LogP contribution in [0.1, 0.15) is 17.1 Å². The summed E-state index contributed by atoms with van der Waals surface area (Å²) in [6.45, 7) is 6.00. The van der Waals surface area contributed by atoms with Crippen molar-refractivity contribution >= 4 is 26.9 Å². The molecule has 2 aromatic rings. The van der Waals surface area contributed by atoms with E-state index in [4.69, 9.17) is 5.73 Å². The predicted octanol–water partition coefficient (Wildman–Crippen LogP) is 0.830. The zero-order valence-corrected chi connectivity index (χ0v) is 13.8. The molecule has 0 fully saturated rings. The van der Waals surface area contributed by atoms with Crippen molar-refractivity contribution in [3.05, 3.63) is 17.1 Å². The van der Waals surface area contributed by atoms with E-state index < -0.39 is 10.0 Å². The zero-order chi connectivity index (χ0) is 15.9. The first kappa shape index (κ1) is 15.7. The molecule has 21 heavy (non-hydrogen) atoms. The minimum Gasteiger partial charge on any atom is -0.383 e. The van der Waals surface area contributed by atoms with Crippen molar-refractivity contribution in [3.63, 3.8) is 0 Å². The molecule has 0 saturated carbocycles. The molecule has 7 nitrogen and oxygen atoms in total. The molecule has 2 rings (SSSR count). The largest absolute Gasteiger partial charge is 0.383 e. The fraction of sp³-hybridized carbons (Fsp3) is 0.538. The fourth-order valence-corrected chi connectivity index (χ4v) is 3.12. The fourth-order valence-electron chi connectivity index (χ4n) is 2.34. The van der Waals surface area contributed by atoms with Crippen LogP contribution in [-0.4, -0.2) is 47.1 Å². The van der Waals surface area contributed by atoms with Gasteiger partial charge in [-0.05, 0) is 26.3 Å². The van der Waals surface area contributed by atoms with Crippen LogP contribution >= 0.6 is 0 Å². The third-order valence-electron chi connectivity index (χ3n) is 3.74. The first-order valence-electron chi connectivity index (χ1n) is 6.65. The van der Waals surface area contributed by atoms with Gasteiger partial charge < -0.3 is 10.3 Å².